The maximum absolute atomic E-state index is 12.7. The Kier molecular flexibility index (Phi) is 6.35. The van der Waals surface area contributed by atoms with Crippen LogP contribution in [0.1, 0.15) is 29.0 Å². The summed E-state index contributed by atoms with van der Waals surface area (Å²) in [5.74, 6) is 3.25. The molecule has 5 rings (SSSR count). The molecule has 8 nitrogen and oxygen atoms in total. The van der Waals surface area contributed by atoms with Crippen molar-refractivity contribution in [2.45, 2.75) is 25.8 Å². The van der Waals surface area contributed by atoms with Crippen LogP contribution in [-0.4, -0.2) is 32.3 Å². The van der Waals surface area contributed by atoms with Gasteiger partial charge >= 0.3 is 0 Å². The Morgan fingerprint density at radius 3 is 2.76 bits per heavy atom. The first-order valence-electron chi connectivity index (χ1n) is 11.0. The van der Waals surface area contributed by atoms with Gasteiger partial charge in [-0.25, -0.2) is 4.98 Å². The fourth-order valence-electron chi connectivity index (χ4n) is 3.78. The summed E-state index contributed by atoms with van der Waals surface area (Å²) >= 11 is 1.35. The summed E-state index contributed by atoms with van der Waals surface area (Å²) in [4.78, 5) is 16.8. The van der Waals surface area contributed by atoms with Gasteiger partial charge in [0.25, 0.3) is 5.91 Å². The molecular weight excluding hydrogens is 450 g/mol. The third kappa shape index (κ3) is 4.84. The van der Waals surface area contributed by atoms with Crippen LogP contribution in [0.4, 0.5) is 5.13 Å². The highest BCUT2D eigenvalue weighted by Crippen LogP contribution is 2.30. The van der Waals surface area contributed by atoms with Crippen LogP contribution in [0.2, 0.25) is 0 Å². The molecule has 0 radical (unpaired) electrons. The number of carbonyl (C=O) groups is 1. The number of nitrogens with one attached hydrogen (secondary N) is 1. The van der Waals surface area contributed by atoms with E-state index in [1.807, 2.05) is 24.3 Å². The summed E-state index contributed by atoms with van der Waals surface area (Å²) in [5, 5.41) is 13.8. The number of fused-ring (bicyclic) bond motifs is 1. The van der Waals surface area contributed by atoms with Crippen LogP contribution < -0.4 is 14.8 Å². The van der Waals surface area contributed by atoms with Crippen molar-refractivity contribution in [3.63, 3.8) is 0 Å². The standard InChI is InChI=1S/C25H23N5O3S/c1-2-12-32-20-14-18(24(31)27-25-26-10-13-34-25)15-21(16-20)33-19-8-6-17(7-9-19)23-29-28-22-5-3-4-11-30(22)23/h2,6-10,13-16H,1,3-5,11-12H2,(H,26,27,31). The lowest BCUT2D eigenvalue weighted by Crippen LogP contribution is -2.12. The third-order valence-corrected chi connectivity index (χ3v) is 6.06. The maximum Gasteiger partial charge on any atom is 0.257 e. The Hall–Kier alpha value is -3.98. The Morgan fingerprint density at radius 1 is 1.12 bits per heavy atom. The number of aromatic nitrogens is 4. The van der Waals surface area contributed by atoms with E-state index >= 15 is 0 Å². The largest absolute Gasteiger partial charge is 0.489 e. The Labute approximate surface area is 200 Å². The predicted molar refractivity (Wildman–Crippen MR) is 131 cm³/mol. The zero-order valence-electron chi connectivity index (χ0n) is 18.4. The molecule has 0 unspecified atom stereocenters. The van der Waals surface area contributed by atoms with Crippen LogP contribution in [0, 0.1) is 0 Å². The van der Waals surface area contributed by atoms with Crippen molar-refractivity contribution in [3.05, 3.63) is 78.1 Å². The van der Waals surface area contributed by atoms with Crippen LogP contribution in [0.15, 0.2) is 66.7 Å². The number of nitrogens with zero attached hydrogens (tertiary/aromatic N) is 4. The first-order valence-corrected chi connectivity index (χ1v) is 11.9. The molecule has 172 valence electrons. The van der Waals surface area contributed by atoms with E-state index in [2.05, 4.69) is 31.6 Å². The highest BCUT2D eigenvalue weighted by Gasteiger charge is 2.17. The molecule has 1 amide bonds. The molecule has 2 aromatic heterocycles. The van der Waals surface area contributed by atoms with Gasteiger partial charge in [-0.05, 0) is 49.2 Å². The van der Waals surface area contributed by atoms with E-state index < -0.39 is 0 Å². The average Bonchev–Trinajstić information content (AvgIpc) is 3.53. The molecular formula is C25H23N5O3S. The molecule has 0 aliphatic carbocycles. The Balaban J connectivity index is 1.37. The van der Waals surface area contributed by atoms with Gasteiger partial charge in [0.05, 0.1) is 0 Å². The monoisotopic (exact) mass is 473 g/mol. The van der Waals surface area contributed by atoms with Crippen molar-refractivity contribution in [3.8, 4) is 28.6 Å². The van der Waals surface area contributed by atoms with Crippen LogP contribution in [-0.2, 0) is 13.0 Å². The number of hydrogen-bond acceptors (Lipinski definition) is 7. The third-order valence-electron chi connectivity index (χ3n) is 5.37. The van der Waals surface area contributed by atoms with Crippen molar-refractivity contribution in [2.75, 3.05) is 11.9 Å². The summed E-state index contributed by atoms with van der Waals surface area (Å²) in [5.41, 5.74) is 1.39. The van der Waals surface area contributed by atoms with Crippen LogP contribution in [0.5, 0.6) is 17.2 Å². The highest BCUT2D eigenvalue weighted by atomic mass is 32.1. The number of thiazole rings is 1. The van der Waals surface area contributed by atoms with Crippen molar-refractivity contribution in [2.24, 2.45) is 0 Å². The minimum absolute atomic E-state index is 0.296. The number of ether oxygens (including phenoxy) is 2. The maximum atomic E-state index is 12.7. The second-order valence-corrected chi connectivity index (χ2v) is 8.65. The topological polar surface area (TPSA) is 91.2 Å². The van der Waals surface area contributed by atoms with E-state index in [4.69, 9.17) is 9.47 Å². The molecule has 1 N–H and O–H groups in total. The van der Waals surface area contributed by atoms with Crippen LogP contribution in [0.25, 0.3) is 11.4 Å². The molecule has 1 aliphatic rings. The Morgan fingerprint density at radius 2 is 1.97 bits per heavy atom. The van der Waals surface area contributed by atoms with Crippen molar-refractivity contribution >= 4 is 22.4 Å². The molecule has 9 heteroatoms. The van der Waals surface area contributed by atoms with Gasteiger partial charge in [-0.3, -0.25) is 10.1 Å². The minimum atomic E-state index is -0.296. The molecule has 4 aromatic rings. The lowest BCUT2D eigenvalue weighted by Gasteiger charge is -2.15. The van der Waals surface area contributed by atoms with Gasteiger partial charge in [-0.15, -0.1) is 21.5 Å². The van der Waals surface area contributed by atoms with Crippen molar-refractivity contribution < 1.29 is 14.3 Å². The fraction of sp³-hybridized carbons (Fsp3) is 0.200. The number of carbonyl (C=O) groups excluding carboxylic acids is 1. The molecule has 0 fully saturated rings. The molecule has 0 atom stereocenters. The van der Waals surface area contributed by atoms with Crippen molar-refractivity contribution in [1.29, 1.82) is 0 Å². The number of benzene rings is 2. The minimum Gasteiger partial charge on any atom is -0.489 e. The highest BCUT2D eigenvalue weighted by molar-refractivity contribution is 7.13. The van der Waals surface area contributed by atoms with Crippen LogP contribution in [0.3, 0.4) is 0 Å². The number of anilines is 1. The van der Waals surface area contributed by atoms with E-state index in [1.54, 1.807) is 35.9 Å². The zero-order chi connectivity index (χ0) is 23.3. The molecule has 0 bridgehead atoms. The van der Waals surface area contributed by atoms with Gasteiger partial charge in [0.15, 0.2) is 11.0 Å². The van der Waals surface area contributed by atoms with E-state index in [0.29, 0.717) is 34.6 Å². The number of amides is 1. The summed E-state index contributed by atoms with van der Waals surface area (Å²) in [7, 11) is 0. The summed E-state index contributed by atoms with van der Waals surface area (Å²) < 4.78 is 13.9. The van der Waals surface area contributed by atoms with Gasteiger partial charge in [-0.1, -0.05) is 12.7 Å². The molecule has 0 saturated heterocycles. The van der Waals surface area contributed by atoms with Gasteiger partial charge in [0, 0.05) is 41.7 Å². The van der Waals surface area contributed by atoms with Gasteiger partial charge in [-0.2, -0.15) is 0 Å². The molecule has 0 spiro atoms. The number of hydrogen-bond donors (Lipinski definition) is 1. The SMILES string of the molecule is C=CCOc1cc(Oc2ccc(-c3nnc4n3CCCC4)cc2)cc(C(=O)Nc2nccs2)c1. The van der Waals surface area contributed by atoms with Gasteiger partial charge in [0.2, 0.25) is 0 Å². The molecule has 34 heavy (non-hydrogen) atoms. The van der Waals surface area contributed by atoms with Crippen molar-refractivity contribution in [1.82, 2.24) is 19.7 Å². The van der Waals surface area contributed by atoms with Gasteiger partial charge in [0.1, 0.15) is 29.7 Å². The molecule has 0 saturated carbocycles. The normalized spacial score (nSPS) is 12.6. The quantitative estimate of drug-likeness (QED) is 0.347. The predicted octanol–water partition coefficient (Wildman–Crippen LogP) is 5.35. The fourth-order valence-corrected chi connectivity index (χ4v) is 4.31. The molecule has 1 aliphatic heterocycles. The summed E-state index contributed by atoms with van der Waals surface area (Å²) in [6, 6.07) is 12.8. The van der Waals surface area contributed by atoms with E-state index in [1.165, 1.54) is 11.3 Å². The van der Waals surface area contributed by atoms with Crippen LogP contribution >= 0.6 is 11.3 Å². The Bertz CT molecular complexity index is 1300. The average molecular weight is 474 g/mol. The second-order valence-electron chi connectivity index (χ2n) is 7.76. The van der Waals surface area contributed by atoms with Gasteiger partial charge < -0.3 is 14.0 Å². The number of rotatable bonds is 8. The first-order chi connectivity index (χ1) is 16.7. The summed E-state index contributed by atoms with van der Waals surface area (Å²) in [6.45, 7) is 4.93. The zero-order valence-corrected chi connectivity index (χ0v) is 19.3. The first kappa shape index (κ1) is 21.8. The van der Waals surface area contributed by atoms with E-state index in [-0.39, 0.29) is 5.91 Å². The number of aryl methyl sites for hydroxylation is 1. The van der Waals surface area contributed by atoms with E-state index in [9.17, 15) is 4.79 Å². The second kappa shape index (κ2) is 9.88. The summed E-state index contributed by atoms with van der Waals surface area (Å²) in [6.07, 6.45) is 6.55. The lowest BCUT2D eigenvalue weighted by molar-refractivity contribution is 0.102. The molecule has 2 aromatic carbocycles. The van der Waals surface area contributed by atoms with E-state index in [0.717, 1.165) is 43.0 Å². The molecule has 3 heterocycles. The smallest absolute Gasteiger partial charge is 0.257 e. The lowest BCUT2D eigenvalue weighted by atomic mass is 10.1.